The average Bonchev–Trinajstić information content (AvgIpc) is 2.72. The van der Waals surface area contributed by atoms with Crippen molar-refractivity contribution in [1.82, 2.24) is 15.5 Å². The fraction of sp³-hybridized carbons (Fsp3) is 0.650. The van der Waals surface area contributed by atoms with Crippen LogP contribution in [0.1, 0.15) is 23.2 Å². The van der Waals surface area contributed by atoms with Crippen LogP contribution >= 0.6 is 11.6 Å². The molecule has 1 saturated heterocycles. The fourth-order valence-corrected chi connectivity index (χ4v) is 4.07. The number of amides is 1. The fourth-order valence-electron chi connectivity index (χ4n) is 3.80. The van der Waals surface area contributed by atoms with Crippen LogP contribution in [0, 0.1) is 5.92 Å². The number of carbonyl (C=O) groups is 1. The summed E-state index contributed by atoms with van der Waals surface area (Å²) in [5.41, 5.74) is 0.310. The Morgan fingerprint density at radius 2 is 2.14 bits per heavy atom. The zero-order chi connectivity index (χ0) is 20.8. The average molecular weight is 428 g/mol. The summed E-state index contributed by atoms with van der Waals surface area (Å²) in [6.07, 6.45) is 1.42. The highest BCUT2D eigenvalue weighted by Crippen LogP contribution is 2.46. The lowest BCUT2D eigenvalue weighted by atomic mass is 9.93. The van der Waals surface area contributed by atoms with E-state index in [1.54, 1.807) is 0 Å². The summed E-state index contributed by atoms with van der Waals surface area (Å²) in [6, 6.07) is 1.53. The van der Waals surface area contributed by atoms with Crippen molar-refractivity contribution in [3.63, 3.8) is 0 Å². The van der Waals surface area contributed by atoms with Gasteiger partial charge in [0.1, 0.15) is 13.2 Å². The van der Waals surface area contributed by atoms with Crippen molar-refractivity contribution in [2.24, 2.45) is 5.92 Å². The monoisotopic (exact) mass is 427 g/mol. The topological polar surface area (TPSA) is 92.3 Å². The Hall–Kier alpha value is -1.74. The van der Waals surface area contributed by atoms with E-state index in [4.69, 9.17) is 25.8 Å². The molecule has 0 spiro atoms. The molecule has 0 aliphatic carbocycles. The number of benzene rings is 1. The van der Waals surface area contributed by atoms with Gasteiger partial charge in [0.2, 0.25) is 5.75 Å². The minimum atomic E-state index is -0.466. The lowest BCUT2D eigenvalue weighted by Gasteiger charge is -2.36. The van der Waals surface area contributed by atoms with Gasteiger partial charge in [0.05, 0.1) is 23.8 Å². The third kappa shape index (κ3) is 5.25. The first-order valence-corrected chi connectivity index (χ1v) is 10.4. The van der Waals surface area contributed by atoms with Crippen LogP contribution in [0.25, 0.3) is 0 Å². The Morgan fingerprint density at radius 3 is 2.83 bits per heavy atom. The first-order valence-electron chi connectivity index (χ1n) is 10.0. The normalized spacial score (nSPS) is 21.7. The molecular weight excluding hydrogens is 398 g/mol. The second-order valence-corrected chi connectivity index (χ2v) is 7.79. The van der Waals surface area contributed by atoms with Gasteiger partial charge in [-0.05, 0) is 45.6 Å². The summed E-state index contributed by atoms with van der Waals surface area (Å²) in [7, 11) is 3.43. The molecule has 3 rings (SSSR count). The number of rotatable bonds is 8. The Morgan fingerprint density at radius 1 is 1.38 bits per heavy atom. The zero-order valence-corrected chi connectivity index (χ0v) is 17.8. The van der Waals surface area contributed by atoms with E-state index < -0.39 is 6.10 Å². The Kier molecular flexibility index (Phi) is 7.83. The van der Waals surface area contributed by atoms with Gasteiger partial charge < -0.3 is 34.9 Å². The number of hydrogen-bond acceptors (Lipinski definition) is 7. The van der Waals surface area contributed by atoms with E-state index >= 15 is 0 Å². The van der Waals surface area contributed by atoms with Crippen molar-refractivity contribution in [2.75, 3.05) is 60.1 Å². The lowest BCUT2D eigenvalue weighted by Crippen LogP contribution is -2.48. The van der Waals surface area contributed by atoms with Crippen LogP contribution < -0.4 is 24.8 Å². The molecule has 8 nitrogen and oxygen atoms in total. The molecule has 29 heavy (non-hydrogen) atoms. The number of halogens is 1. The number of nitrogens with zero attached hydrogens (tertiary/aromatic N) is 1. The highest BCUT2D eigenvalue weighted by molar-refractivity contribution is 6.33. The summed E-state index contributed by atoms with van der Waals surface area (Å²) in [5.74, 6) is 0.765. The van der Waals surface area contributed by atoms with E-state index in [1.807, 2.05) is 7.05 Å². The van der Waals surface area contributed by atoms with E-state index in [1.165, 1.54) is 13.2 Å². The highest BCUT2D eigenvalue weighted by atomic mass is 35.5. The van der Waals surface area contributed by atoms with Crippen molar-refractivity contribution in [3.05, 3.63) is 16.7 Å². The van der Waals surface area contributed by atoms with E-state index in [0.717, 1.165) is 32.5 Å². The molecule has 2 atom stereocenters. The summed E-state index contributed by atoms with van der Waals surface area (Å²) in [6.45, 7) is 4.58. The number of aliphatic hydroxyl groups is 1. The Labute approximate surface area is 176 Å². The van der Waals surface area contributed by atoms with Crippen molar-refractivity contribution >= 4 is 17.5 Å². The molecule has 1 aromatic carbocycles. The highest BCUT2D eigenvalue weighted by Gasteiger charge is 2.30. The molecule has 2 aliphatic heterocycles. The minimum Gasteiger partial charge on any atom is -0.491 e. The van der Waals surface area contributed by atoms with E-state index in [-0.39, 0.29) is 16.8 Å². The first kappa shape index (κ1) is 22.0. The van der Waals surface area contributed by atoms with Gasteiger partial charge >= 0.3 is 0 Å². The maximum absolute atomic E-state index is 12.8. The number of aliphatic hydroxyl groups excluding tert-OH is 1. The minimum absolute atomic E-state index is 0.0150. The summed E-state index contributed by atoms with van der Waals surface area (Å²) in [4.78, 5) is 15.1. The maximum atomic E-state index is 12.8. The molecule has 3 N–H and O–H groups in total. The molecule has 0 aromatic heterocycles. The molecule has 162 valence electrons. The van der Waals surface area contributed by atoms with Crippen LogP contribution in [0.5, 0.6) is 17.2 Å². The third-order valence-electron chi connectivity index (χ3n) is 5.40. The first-order chi connectivity index (χ1) is 14.0. The van der Waals surface area contributed by atoms with Gasteiger partial charge in [-0.1, -0.05) is 11.6 Å². The second kappa shape index (κ2) is 10.3. The largest absolute Gasteiger partial charge is 0.491 e. The number of fused-ring (bicyclic) bond motifs is 1. The van der Waals surface area contributed by atoms with Crippen LogP contribution in [-0.2, 0) is 0 Å². The molecule has 0 radical (unpaired) electrons. The van der Waals surface area contributed by atoms with Crippen LogP contribution in [0.3, 0.4) is 0 Å². The molecule has 0 saturated carbocycles. The van der Waals surface area contributed by atoms with Gasteiger partial charge in [-0.3, -0.25) is 4.79 Å². The standard InChI is InChI=1S/C20H30ClN3O5/c1-22-5-3-6-24-7-4-13(16(25)12-24)11-23-20(26)14-10-15(21)18(27-2)19-17(14)28-8-9-29-19/h10,13,16,22,25H,3-9,11-12H2,1-2H3,(H,23,26)/t13-,16+/m0/s1. The number of ether oxygens (including phenoxy) is 3. The zero-order valence-electron chi connectivity index (χ0n) is 17.0. The quantitative estimate of drug-likeness (QED) is 0.536. The molecule has 0 bridgehead atoms. The van der Waals surface area contributed by atoms with Gasteiger partial charge in [0.25, 0.3) is 5.91 Å². The Bertz CT molecular complexity index is 718. The lowest BCUT2D eigenvalue weighted by molar-refractivity contribution is 0.0218. The number of methoxy groups -OCH3 is 1. The number of likely N-dealkylation sites (tertiary alicyclic amines) is 1. The van der Waals surface area contributed by atoms with Crippen LogP contribution in [0.4, 0.5) is 0 Å². The van der Waals surface area contributed by atoms with Crippen molar-refractivity contribution in [3.8, 4) is 17.2 Å². The van der Waals surface area contributed by atoms with E-state index in [2.05, 4.69) is 15.5 Å². The number of β-amino-alcohol motifs (C(OH)–C–C–N with tert-alkyl or cyclic N) is 1. The predicted octanol–water partition coefficient (Wildman–Crippen LogP) is 1.14. The van der Waals surface area contributed by atoms with Gasteiger partial charge in [-0.25, -0.2) is 0 Å². The molecule has 1 fully saturated rings. The summed E-state index contributed by atoms with van der Waals surface area (Å²) >= 11 is 6.26. The smallest absolute Gasteiger partial charge is 0.255 e. The van der Waals surface area contributed by atoms with Crippen molar-refractivity contribution in [2.45, 2.75) is 18.9 Å². The van der Waals surface area contributed by atoms with Crippen molar-refractivity contribution < 1.29 is 24.1 Å². The second-order valence-electron chi connectivity index (χ2n) is 7.38. The summed E-state index contributed by atoms with van der Waals surface area (Å²) in [5, 5.41) is 16.8. The SMILES string of the molecule is CNCCCN1CC[C@@H](CNC(=O)c2cc(Cl)c(OC)c3c2OCCO3)[C@H](O)C1. The molecule has 9 heteroatoms. The number of carbonyl (C=O) groups excluding carboxylic acids is 1. The maximum Gasteiger partial charge on any atom is 0.255 e. The predicted molar refractivity (Wildman–Crippen MR) is 110 cm³/mol. The summed E-state index contributed by atoms with van der Waals surface area (Å²) < 4.78 is 16.6. The van der Waals surface area contributed by atoms with Crippen molar-refractivity contribution in [1.29, 1.82) is 0 Å². The van der Waals surface area contributed by atoms with Gasteiger partial charge in [0.15, 0.2) is 11.5 Å². The molecule has 2 heterocycles. The van der Waals surface area contributed by atoms with E-state index in [9.17, 15) is 9.90 Å². The van der Waals surface area contributed by atoms with Crippen LogP contribution in [0.15, 0.2) is 6.07 Å². The van der Waals surface area contributed by atoms with Gasteiger partial charge in [0, 0.05) is 19.0 Å². The van der Waals surface area contributed by atoms with E-state index in [0.29, 0.717) is 49.1 Å². The third-order valence-corrected chi connectivity index (χ3v) is 5.68. The molecular formula is C20H30ClN3O5. The molecule has 1 amide bonds. The van der Waals surface area contributed by atoms with Gasteiger partial charge in [-0.2, -0.15) is 0 Å². The number of hydrogen-bond donors (Lipinski definition) is 3. The van der Waals surface area contributed by atoms with Crippen LogP contribution in [-0.4, -0.2) is 82.1 Å². The Balaban J connectivity index is 1.60. The molecule has 2 aliphatic rings. The molecule has 1 aromatic rings. The van der Waals surface area contributed by atoms with Crippen LogP contribution in [0.2, 0.25) is 5.02 Å². The molecule has 0 unspecified atom stereocenters. The van der Waals surface area contributed by atoms with Gasteiger partial charge in [-0.15, -0.1) is 0 Å². The number of nitrogens with one attached hydrogen (secondary N) is 2. The number of piperidine rings is 1.